The number of nitrogens with one attached hydrogen (secondary N) is 1. The van der Waals surface area contributed by atoms with Crippen molar-refractivity contribution in [3.63, 3.8) is 0 Å². The van der Waals surface area contributed by atoms with Gasteiger partial charge in [0.25, 0.3) is 5.56 Å². The Bertz CT molecular complexity index is 1490. The highest BCUT2D eigenvalue weighted by Crippen LogP contribution is 2.21. The summed E-state index contributed by atoms with van der Waals surface area (Å²) in [5, 5.41) is 3.32. The zero-order valence-corrected chi connectivity index (χ0v) is 20.4. The van der Waals surface area contributed by atoms with Gasteiger partial charge in [-0.2, -0.15) is 0 Å². The Morgan fingerprint density at radius 1 is 1.03 bits per heavy atom. The molecule has 0 spiro atoms. The first kappa shape index (κ1) is 25.3. The Morgan fingerprint density at radius 3 is 2.50 bits per heavy atom. The Morgan fingerprint density at radius 2 is 1.78 bits per heavy atom. The number of amides is 1. The van der Waals surface area contributed by atoms with Crippen molar-refractivity contribution in [2.24, 2.45) is 0 Å². The van der Waals surface area contributed by atoms with Crippen LogP contribution in [0, 0.1) is 5.82 Å². The van der Waals surface area contributed by atoms with Gasteiger partial charge in [0, 0.05) is 30.8 Å². The Labute approximate surface area is 211 Å². The van der Waals surface area contributed by atoms with Crippen LogP contribution in [0.5, 0.6) is 0 Å². The summed E-state index contributed by atoms with van der Waals surface area (Å²) in [5.41, 5.74) is 0.494. The second-order valence-electron chi connectivity index (χ2n) is 8.27. The predicted octanol–water partition coefficient (Wildman–Crippen LogP) is 3.69. The number of methoxy groups -OCH3 is 1. The molecule has 0 aliphatic carbocycles. The number of nitrogens with zero attached hydrogens (tertiary/aromatic N) is 2. The van der Waals surface area contributed by atoms with Crippen LogP contribution in [0.25, 0.3) is 16.6 Å². The van der Waals surface area contributed by atoms with Crippen molar-refractivity contribution in [3.05, 3.63) is 110 Å². The van der Waals surface area contributed by atoms with E-state index in [1.165, 1.54) is 16.7 Å². The Hall–Kier alpha value is -3.75. The third-order valence-corrected chi connectivity index (χ3v) is 6.19. The minimum atomic E-state index is -0.623. The number of para-hydroxylation sites is 1. The molecule has 0 aliphatic rings. The topological polar surface area (TPSA) is 82.3 Å². The van der Waals surface area contributed by atoms with Gasteiger partial charge in [-0.25, -0.2) is 13.8 Å². The first-order valence-corrected chi connectivity index (χ1v) is 11.8. The van der Waals surface area contributed by atoms with E-state index in [1.807, 2.05) is 0 Å². The molecule has 0 radical (unpaired) electrons. The highest BCUT2D eigenvalue weighted by atomic mass is 35.5. The average Bonchev–Trinajstić information content (AvgIpc) is 2.87. The summed E-state index contributed by atoms with van der Waals surface area (Å²) in [5.74, 6) is -0.674. The van der Waals surface area contributed by atoms with Crippen LogP contribution in [0.3, 0.4) is 0 Å². The first-order chi connectivity index (χ1) is 17.4. The zero-order chi connectivity index (χ0) is 25.7. The lowest BCUT2D eigenvalue weighted by atomic mass is 10.1. The number of carbonyl (C=O) groups excluding carboxylic acids is 1. The molecule has 0 bridgehead atoms. The molecule has 4 rings (SSSR count). The van der Waals surface area contributed by atoms with Crippen LogP contribution in [-0.2, 0) is 22.5 Å². The summed E-state index contributed by atoms with van der Waals surface area (Å²) in [7, 11) is 1.61. The number of aromatic nitrogens is 2. The fourth-order valence-electron chi connectivity index (χ4n) is 4.00. The molecule has 186 valence electrons. The number of halogens is 2. The van der Waals surface area contributed by atoms with E-state index in [9.17, 15) is 18.8 Å². The predicted molar refractivity (Wildman–Crippen MR) is 138 cm³/mol. The molecule has 0 saturated carbocycles. The fourth-order valence-corrected chi connectivity index (χ4v) is 4.22. The molecule has 9 heteroatoms. The third-order valence-electron chi connectivity index (χ3n) is 5.84. The standard InChI is InChI=1S/C27H25ClFN3O4/c1-36-15-5-14-30-25(33)16-18-10-12-19(13-11-18)32-26(34)20-6-2-3-9-24(20)31(27(32)35)17-21-22(28)7-4-8-23(21)29/h2-4,6-13H,5,14-17H2,1H3,(H,30,33). The maximum absolute atomic E-state index is 14.5. The number of hydrogen-bond donors (Lipinski definition) is 1. The lowest BCUT2D eigenvalue weighted by Crippen LogP contribution is -2.39. The molecule has 4 aromatic rings. The minimum Gasteiger partial charge on any atom is -0.385 e. The molecule has 0 unspecified atom stereocenters. The van der Waals surface area contributed by atoms with Gasteiger partial charge in [0.2, 0.25) is 5.91 Å². The summed E-state index contributed by atoms with van der Waals surface area (Å²) >= 11 is 6.21. The highest BCUT2D eigenvalue weighted by Gasteiger charge is 2.17. The molecule has 1 N–H and O–H groups in total. The van der Waals surface area contributed by atoms with Gasteiger partial charge in [0.1, 0.15) is 5.82 Å². The van der Waals surface area contributed by atoms with E-state index >= 15 is 0 Å². The van der Waals surface area contributed by atoms with E-state index in [-0.39, 0.29) is 29.5 Å². The van der Waals surface area contributed by atoms with E-state index in [0.717, 1.165) is 16.6 Å². The van der Waals surface area contributed by atoms with Crippen LogP contribution < -0.4 is 16.6 Å². The van der Waals surface area contributed by atoms with Crippen molar-refractivity contribution in [3.8, 4) is 5.69 Å². The second kappa shape index (κ2) is 11.3. The smallest absolute Gasteiger partial charge is 0.336 e. The first-order valence-electron chi connectivity index (χ1n) is 11.4. The summed E-state index contributed by atoms with van der Waals surface area (Å²) in [6, 6.07) is 17.6. The van der Waals surface area contributed by atoms with Crippen molar-refractivity contribution in [2.75, 3.05) is 20.3 Å². The SMILES string of the molecule is COCCCNC(=O)Cc1ccc(-n2c(=O)c3ccccc3n(Cc3c(F)cccc3Cl)c2=O)cc1. The maximum Gasteiger partial charge on any atom is 0.336 e. The maximum atomic E-state index is 14.5. The summed E-state index contributed by atoms with van der Waals surface area (Å²) in [6.07, 6.45) is 0.881. The molecule has 0 aliphatic heterocycles. The van der Waals surface area contributed by atoms with Crippen LogP contribution in [0.15, 0.2) is 76.3 Å². The molecular weight excluding hydrogens is 485 g/mol. The van der Waals surface area contributed by atoms with Gasteiger partial charge in [-0.15, -0.1) is 0 Å². The highest BCUT2D eigenvalue weighted by molar-refractivity contribution is 6.31. The van der Waals surface area contributed by atoms with Crippen molar-refractivity contribution < 1.29 is 13.9 Å². The largest absolute Gasteiger partial charge is 0.385 e. The van der Waals surface area contributed by atoms with Gasteiger partial charge in [0.05, 0.1) is 29.6 Å². The number of ether oxygens (including phenoxy) is 1. The lowest BCUT2D eigenvalue weighted by molar-refractivity contribution is -0.120. The van der Waals surface area contributed by atoms with Gasteiger partial charge < -0.3 is 10.1 Å². The van der Waals surface area contributed by atoms with Gasteiger partial charge in [-0.3, -0.25) is 14.2 Å². The van der Waals surface area contributed by atoms with Crippen LogP contribution in [0.4, 0.5) is 4.39 Å². The number of hydrogen-bond acceptors (Lipinski definition) is 4. The zero-order valence-electron chi connectivity index (χ0n) is 19.7. The van der Waals surface area contributed by atoms with Crippen molar-refractivity contribution in [1.82, 2.24) is 14.5 Å². The Balaban J connectivity index is 1.70. The molecule has 0 atom stereocenters. The monoisotopic (exact) mass is 509 g/mol. The summed E-state index contributed by atoms with van der Waals surface area (Å²) in [6.45, 7) is 0.936. The number of rotatable bonds is 9. The molecule has 0 fully saturated rings. The molecule has 3 aromatic carbocycles. The third kappa shape index (κ3) is 5.40. The molecular formula is C27H25ClFN3O4. The van der Waals surface area contributed by atoms with E-state index in [2.05, 4.69) is 5.32 Å². The van der Waals surface area contributed by atoms with E-state index in [4.69, 9.17) is 16.3 Å². The molecule has 1 heterocycles. The number of carbonyl (C=O) groups is 1. The van der Waals surface area contributed by atoms with E-state index in [1.54, 1.807) is 61.7 Å². The molecule has 0 saturated heterocycles. The van der Waals surface area contributed by atoms with Gasteiger partial charge in [-0.1, -0.05) is 41.9 Å². The summed E-state index contributed by atoms with van der Waals surface area (Å²) in [4.78, 5) is 39.0. The van der Waals surface area contributed by atoms with Gasteiger partial charge >= 0.3 is 5.69 Å². The van der Waals surface area contributed by atoms with Crippen LogP contribution >= 0.6 is 11.6 Å². The van der Waals surface area contributed by atoms with Crippen molar-refractivity contribution in [2.45, 2.75) is 19.4 Å². The van der Waals surface area contributed by atoms with Crippen LogP contribution in [-0.4, -0.2) is 35.3 Å². The van der Waals surface area contributed by atoms with Crippen molar-refractivity contribution in [1.29, 1.82) is 0 Å². The molecule has 1 aromatic heterocycles. The average molecular weight is 510 g/mol. The summed E-state index contributed by atoms with van der Waals surface area (Å²) < 4.78 is 21.9. The molecule has 7 nitrogen and oxygen atoms in total. The quantitative estimate of drug-likeness (QED) is 0.349. The van der Waals surface area contributed by atoms with E-state index < -0.39 is 17.1 Å². The number of fused-ring (bicyclic) bond motifs is 1. The molecule has 36 heavy (non-hydrogen) atoms. The second-order valence-corrected chi connectivity index (χ2v) is 8.67. The van der Waals surface area contributed by atoms with Crippen LogP contribution in [0.2, 0.25) is 5.02 Å². The Kier molecular flexibility index (Phi) is 7.97. The van der Waals surface area contributed by atoms with Crippen molar-refractivity contribution >= 4 is 28.4 Å². The van der Waals surface area contributed by atoms with E-state index in [0.29, 0.717) is 29.7 Å². The number of benzene rings is 3. The van der Waals surface area contributed by atoms with Gasteiger partial charge in [0.15, 0.2) is 0 Å². The van der Waals surface area contributed by atoms with Gasteiger partial charge in [-0.05, 0) is 48.4 Å². The molecule has 1 amide bonds. The minimum absolute atomic E-state index is 0.133. The normalized spacial score (nSPS) is 11.1. The van der Waals surface area contributed by atoms with Crippen LogP contribution in [0.1, 0.15) is 17.5 Å². The fraction of sp³-hybridized carbons (Fsp3) is 0.222. The lowest BCUT2D eigenvalue weighted by Gasteiger charge is -2.15.